The molecule has 1 aromatic carbocycles. The number of fused-ring (bicyclic) bond motifs is 1. The number of carbonyl (C=O) groups excluding carboxylic acids is 2. The van der Waals surface area contributed by atoms with E-state index in [4.69, 9.17) is 4.42 Å². The zero-order chi connectivity index (χ0) is 17.8. The number of piperidine rings is 1. The summed E-state index contributed by atoms with van der Waals surface area (Å²) in [6.45, 7) is 3.00. The molecule has 2 heterocycles. The van der Waals surface area contributed by atoms with Crippen LogP contribution in [0, 0.1) is 0 Å². The second kappa shape index (κ2) is 7.70. The summed E-state index contributed by atoms with van der Waals surface area (Å²) in [6.07, 6.45) is 1.26. The van der Waals surface area contributed by atoms with E-state index in [0.717, 1.165) is 11.0 Å². The van der Waals surface area contributed by atoms with Crippen molar-refractivity contribution in [3.8, 4) is 0 Å². The van der Waals surface area contributed by atoms with Gasteiger partial charge in [-0.05, 0) is 31.9 Å². The Bertz CT molecular complexity index is 714. The third-order valence-corrected chi connectivity index (χ3v) is 4.63. The molecular weight excluding hydrogens is 320 g/mol. The summed E-state index contributed by atoms with van der Waals surface area (Å²) >= 11 is 0. The number of nitrogens with zero attached hydrogens (tertiary/aromatic N) is 1. The molecule has 1 atom stereocenters. The molecule has 1 fully saturated rings. The Morgan fingerprint density at radius 3 is 2.72 bits per heavy atom. The number of aliphatic hydroxyl groups excluding tert-OH is 1. The van der Waals surface area contributed by atoms with Gasteiger partial charge in [0.2, 0.25) is 11.8 Å². The van der Waals surface area contributed by atoms with Crippen molar-refractivity contribution >= 4 is 22.8 Å². The van der Waals surface area contributed by atoms with Gasteiger partial charge in [-0.25, -0.2) is 0 Å². The van der Waals surface area contributed by atoms with Crippen molar-refractivity contribution in [3.05, 3.63) is 36.1 Å². The van der Waals surface area contributed by atoms with Gasteiger partial charge < -0.3 is 19.7 Å². The third-order valence-electron chi connectivity index (χ3n) is 4.63. The molecule has 134 valence electrons. The third kappa shape index (κ3) is 4.39. The smallest absolute Gasteiger partial charge is 0.223 e. The molecule has 3 rings (SSSR count). The van der Waals surface area contributed by atoms with Gasteiger partial charge >= 0.3 is 0 Å². The lowest BCUT2D eigenvalue weighted by Gasteiger charge is -2.29. The number of rotatable bonds is 5. The average Bonchev–Trinajstić information content (AvgIpc) is 3.04. The summed E-state index contributed by atoms with van der Waals surface area (Å²) in [5.74, 6) is 0.502. The fraction of sp³-hybridized carbons (Fsp3) is 0.474. The summed E-state index contributed by atoms with van der Waals surface area (Å²) in [5.41, 5.74) is 0.793. The van der Waals surface area contributed by atoms with Crippen LogP contribution in [0.2, 0.25) is 0 Å². The molecule has 25 heavy (non-hydrogen) atoms. The Labute approximate surface area is 146 Å². The SMILES string of the molecule is CC(NC(=O)CCC(=O)N1CCC(O)CC1)c1cc2ccccc2o1. The van der Waals surface area contributed by atoms with Gasteiger partial charge in [-0.1, -0.05) is 18.2 Å². The van der Waals surface area contributed by atoms with E-state index in [-0.39, 0.29) is 36.8 Å². The minimum atomic E-state index is -0.308. The zero-order valence-electron chi connectivity index (χ0n) is 14.4. The highest BCUT2D eigenvalue weighted by atomic mass is 16.3. The molecule has 1 aliphatic rings. The van der Waals surface area contributed by atoms with E-state index in [1.165, 1.54) is 0 Å². The lowest BCUT2D eigenvalue weighted by atomic mass is 10.1. The first-order valence-corrected chi connectivity index (χ1v) is 8.76. The lowest BCUT2D eigenvalue weighted by Crippen LogP contribution is -2.40. The Hall–Kier alpha value is -2.34. The number of carbonyl (C=O) groups is 2. The number of likely N-dealkylation sites (tertiary alicyclic amines) is 1. The van der Waals surface area contributed by atoms with Crippen LogP contribution in [-0.2, 0) is 9.59 Å². The number of nitrogens with one attached hydrogen (secondary N) is 1. The van der Waals surface area contributed by atoms with Gasteiger partial charge in [-0.3, -0.25) is 9.59 Å². The first-order valence-electron chi connectivity index (χ1n) is 8.76. The average molecular weight is 344 g/mol. The Balaban J connectivity index is 1.47. The second-order valence-corrected chi connectivity index (χ2v) is 6.59. The fourth-order valence-corrected chi connectivity index (χ4v) is 3.09. The van der Waals surface area contributed by atoms with Gasteiger partial charge in [-0.15, -0.1) is 0 Å². The molecular formula is C19H24N2O4. The lowest BCUT2D eigenvalue weighted by molar-refractivity contribution is -0.135. The Kier molecular flexibility index (Phi) is 5.38. The maximum Gasteiger partial charge on any atom is 0.223 e. The maximum absolute atomic E-state index is 12.1. The molecule has 1 aliphatic heterocycles. The van der Waals surface area contributed by atoms with E-state index < -0.39 is 0 Å². The fourth-order valence-electron chi connectivity index (χ4n) is 3.09. The van der Waals surface area contributed by atoms with Crippen molar-refractivity contribution in [2.45, 2.75) is 44.8 Å². The number of aliphatic hydroxyl groups is 1. The molecule has 0 radical (unpaired) electrons. The molecule has 2 N–H and O–H groups in total. The number of furan rings is 1. The molecule has 2 amide bonds. The van der Waals surface area contributed by atoms with Crippen LogP contribution in [0.5, 0.6) is 0 Å². The molecule has 1 unspecified atom stereocenters. The van der Waals surface area contributed by atoms with Crippen molar-refractivity contribution in [1.82, 2.24) is 10.2 Å². The highest BCUT2D eigenvalue weighted by Crippen LogP contribution is 2.23. The molecule has 0 aliphatic carbocycles. The molecule has 2 aromatic rings. The summed E-state index contributed by atoms with van der Waals surface area (Å²) in [7, 11) is 0. The number of amides is 2. The Morgan fingerprint density at radius 1 is 1.28 bits per heavy atom. The van der Waals surface area contributed by atoms with Crippen LogP contribution in [0.15, 0.2) is 34.7 Å². The molecule has 6 heteroatoms. The van der Waals surface area contributed by atoms with Crippen molar-refractivity contribution < 1.29 is 19.1 Å². The van der Waals surface area contributed by atoms with Gasteiger partial charge in [0.15, 0.2) is 0 Å². The van der Waals surface area contributed by atoms with E-state index in [2.05, 4.69) is 5.32 Å². The largest absolute Gasteiger partial charge is 0.459 e. The first kappa shape index (κ1) is 17.5. The number of para-hydroxylation sites is 1. The highest BCUT2D eigenvalue weighted by molar-refractivity contribution is 5.84. The van der Waals surface area contributed by atoms with Gasteiger partial charge in [0, 0.05) is 31.3 Å². The first-order chi connectivity index (χ1) is 12.0. The number of hydrogen-bond donors (Lipinski definition) is 2. The van der Waals surface area contributed by atoms with Gasteiger partial charge in [0.25, 0.3) is 0 Å². The minimum Gasteiger partial charge on any atom is -0.459 e. The summed E-state index contributed by atoms with van der Waals surface area (Å²) in [6, 6.07) is 9.37. The second-order valence-electron chi connectivity index (χ2n) is 6.59. The predicted molar refractivity (Wildman–Crippen MR) is 93.8 cm³/mol. The highest BCUT2D eigenvalue weighted by Gasteiger charge is 2.22. The van der Waals surface area contributed by atoms with Crippen LogP contribution in [0.1, 0.15) is 44.4 Å². The standard InChI is InChI=1S/C19H24N2O4/c1-13(17-12-14-4-2-3-5-16(14)25-17)20-18(23)6-7-19(24)21-10-8-15(22)9-11-21/h2-5,12-13,15,22H,6-11H2,1H3,(H,20,23). The normalized spacial score (nSPS) is 16.8. The van der Waals surface area contributed by atoms with E-state index in [0.29, 0.717) is 31.7 Å². The van der Waals surface area contributed by atoms with Gasteiger partial charge in [0.05, 0.1) is 12.1 Å². The number of hydrogen-bond acceptors (Lipinski definition) is 4. The van der Waals surface area contributed by atoms with Crippen LogP contribution in [0.4, 0.5) is 0 Å². The van der Waals surface area contributed by atoms with Crippen molar-refractivity contribution in [2.75, 3.05) is 13.1 Å². The van der Waals surface area contributed by atoms with Crippen LogP contribution in [0.3, 0.4) is 0 Å². The molecule has 0 bridgehead atoms. The summed E-state index contributed by atoms with van der Waals surface area (Å²) < 4.78 is 5.75. The van der Waals surface area contributed by atoms with E-state index in [1.54, 1.807) is 4.90 Å². The maximum atomic E-state index is 12.1. The monoisotopic (exact) mass is 344 g/mol. The minimum absolute atomic E-state index is 0.0292. The van der Waals surface area contributed by atoms with Crippen LogP contribution in [-0.4, -0.2) is 41.0 Å². The predicted octanol–water partition coefficient (Wildman–Crippen LogP) is 2.37. The molecule has 0 spiro atoms. The molecule has 1 aromatic heterocycles. The van der Waals surface area contributed by atoms with Crippen LogP contribution < -0.4 is 5.32 Å². The molecule has 0 saturated carbocycles. The van der Waals surface area contributed by atoms with Crippen molar-refractivity contribution in [1.29, 1.82) is 0 Å². The van der Waals surface area contributed by atoms with Crippen LogP contribution in [0.25, 0.3) is 11.0 Å². The summed E-state index contributed by atoms with van der Waals surface area (Å²) in [4.78, 5) is 26.0. The zero-order valence-corrected chi connectivity index (χ0v) is 14.4. The van der Waals surface area contributed by atoms with Crippen molar-refractivity contribution in [3.63, 3.8) is 0 Å². The molecule has 6 nitrogen and oxygen atoms in total. The number of benzene rings is 1. The van der Waals surface area contributed by atoms with Crippen LogP contribution >= 0.6 is 0 Å². The van der Waals surface area contributed by atoms with Gasteiger partial charge in [-0.2, -0.15) is 0 Å². The van der Waals surface area contributed by atoms with E-state index in [9.17, 15) is 14.7 Å². The molecule has 1 saturated heterocycles. The quantitative estimate of drug-likeness (QED) is 0.872. The van der Waals surface area contributed by atoms with E-state index in [1.807, 2.05) is 37.3 Å². The summed E-state index contributed by atoms with van der Waals surface area (Å²) in [5, 5.41) is 13.4. The van der Waals surface area contributed by atoms with E-state index >= 15 is 0 Å². The topological polar surface area (TPSA) is 82.8 Å². The van der Waals surface area contributed by atoms with Gasteiger partial charge in [0.1, 0.15) is 11.3 Å². The van der Waals surface area contributed by atoms with Crippen molar-refractivity contribution in [2.24, 2.45) is 0 Å². The Morgan fingerprint density at radius 2 is 2.00 bits per heavy atom.